The van der Waals surface area contributed by atoms with Crippen molar-refractivity contribution in [1.82, 2.24) is 9.69 Å². The van der Waals surface area contributed by atoms with Gasteiger partial charge in [0.25, 0.3) is 11.8 Å². The van der Waals surface area contributed by atoms with Crippen LogP contribution in [0.1, 0.15) is 65.8 Å². The van der Waals surface area contributed by atoms with E-state index in [0.29, 0.717) is 31.0 Å². The van der Waals surface area contributed by atoms with E-state index in [1.165, 1.54) is 4.90 Å². The maximum atomic E-state index is 13.6. The molecule has 0 saturated carbocycles. The molecule has 1 aromatic carbocycles. The monoisotopic (exact) mass is 445 g/mol. The fourth-order valence-corrected chi connectivity index (χ4v) is 3.99. The molecular formula is C22H31N5O3S. The second-order valence-electron chi connectivity index (χ2n) is 7.88. The van der Waals surface area contributed by atoms with E-state index in [9.17, 15) is 14.4 Å². The fraction of sp³-hybridized carbons (Fsp3) is 0.455. The summed E-state index contributed by atoms with van der Waals surface area (Å²) in [6, 6.07) is 6.62. The molecule has 5 N–H and O–H groups in total. The highest BCUT2D eigenvalue weighted by atomic mass is 32.1. The highest BCUT2D eigenvalue weighted by molar-refractivity contribution is 7.09. The lowest BCUT2D eigenvalue weighted by atomic mass is 10.0. The molecule has 3 amide bonds. The molecule has 0 bridgehead atoms. The molecule has 2 aromatic rings. The number of aryl methyl sites for hydroxylation is 1. The number of rotatable bonds is 10. The molecule has 0 unspecified atom stereocenters. The van der Waals surface area contributed by atoms with E-state index >= 15 is 0 Å². The molecule has 1 aromatic heterocycles. The number of nitrogens with two attached hydrogens (primary N) is 2. The van der Waals surface area contributed by atoms with Crippen LogP contribution < -0.4 is 21.7 Å². The third-order valence-electron chi connectivity index (χ3n) is 4.95. The number of hydrogen-bond acceptors (Lipinski definition) is 6. The number of amides is 3. The molecule has 0 fully saturated rings. The molecule has 0 aliphatic rings. The summed E-state index contributed by atoms with van der Waals surface area (Å²) in [7, 11) is 0. The number of nitrogen functional groups attached to an aromatic ring is 1. The molecule has 2 rings (SSSR count). The number of carbonyl (C=O) groups excluding carboxylic acids is 3. The lowest BCUT2D eigenvalue weighted by molar-refractivity contribution is -0.122. The normalized spacial score (nSPS) is 11.9. The number of primary amides is 1. The Morgan fingerprint density at radius 3 is 2.42 bits per heavy atom. The Labute approximate surface area is 187 Å². The lowest BCUT2D eigenvalue weighted by Crippen LogP contribution is -2.50. The molecule has 1 heterocycles. The Hall–Kier alpha value is -2.94. The first-order chi connectivity index (χ1) is 14.7. The number of nitrogens with zero attached hydrogens (tertiary/aromatic N) is 2. The van der Waals surface area contributed by atoms with E-state index in [1.807, 2.05) is 32.0 Å². The fourth-order valence-electron chi connectivity index (χ4n) is 3.24. The van der Waals surface area contributed by atoms with E-state index in [4.69, 9.17) is 11.5 Å². The van der Waals surface area contributed by atoms with E-state index < -0.39 is 17.9 Å². The van der Waals surface area contributed by atoms with Gasteiger partial charge in [-0.2, -0.15) is 4.37 Å². The predicted molar refractivity (Wildman–Crippen MR) is 124 cm³/mol. The van der Waals surface area contributed by atoms with Gasteiger partial charge in [-0.15, -0.1) is 0 Å². The van der Waals surface area contributed by atoms with Gasteiger partial charge in [0, 0.05) is 12.2 Å². The van der Waals surface area contributed by atoms with Crippen molar-refractivity contribution >= 4 is 40.6 Å². The number of hydrogen-bond donors (Lipinski definition) is 3. The first-order valence-electron chi connectivity index (χ1n) is 10.4. The third kappa shape index (κ3) is 5.81. The average molecular weight is 446 g/mol. The van der Waals surface area contributed by atoms with Gasteiger partial charge >= 0.3 is 0 Å². The first kappa shape index (κ1) is 24.3. The van der Waals surface area contributed by atoms with Gasteiger partial charge in [0.2, 0.25) is 5.91 Å². The zero-order valence-corrected chi connectivity index (χ0v) is 19.3. The zero-order chi connectivity index (χ0) is 23.1. The largest absolute Gasteiger partial charge is 0.395 e. The molecular weight excluding hydrogens is 414 g/mol. The topological polar surface area (TPSA) is 131 Å². The number of para-hydroxylation sites is 1. The van der Waals surface area contributed by atoms with Gasteiger partial charge in [-0.05, 0) is 48.8 Å². The van der Waals surface area contributed by atoms with E-state index in [2.05, 4.69) is 23.5 Å². The van der Waals surface area contributed by atoms with Crippen LogP contribution in [0.15, 0.2) is 24.3 Å². The van der Waals surface area contributed by atoms with Gasteiger partial charge in [-0.1, -0.05) is 45.4 Å². The Balaban J connectivity index is 2.50. The molecule has 0 saturated heterocycles. The Kier molecular flexibility index (Phi) is 8.56. The Morgan fingerprint density at radius 2 is 1.87 bits per heavy atom. The molecule has 8 nitrogen and oxygen atoms in total. The van der Waals surface area contributed by atoms with Crippen molar-refractivity contribution in [3.63, 3.8) is 0 Å². The van der Waals surface area contributed by atoms with Gasteiger partial charge in [-0.25, -0.2) is 0 Å². The van der Waals surface area contributed by atoms with E-state index in [-0.39, 0.29) is 22.2 Å². The van der Waals surface area contributed by atoms with Crippen molar-refractivity contribution in [1.29, 1.82) is 0 Å². The van der Waals surface area contributed by atoms with Gasteiger partial charge in [0.1, 0.15) is 10.9 Å². The molecule has 0 spiro atoms. The molecule has 9 heteroatoms. The SMILES string of the molecule is CCC[C@H](C(=O)NCCC(C)C)N(C(=O)c1snc(C(N)=O)c1N)c1ccccc1C. The smallest absolute Gasteiger partial charge is 0.272 e. The van der Waals surface area contributed by atoms with Crippen LogP contribution in [0.2, 0.25) is 0 Å². The van der Waals surface area contributed by atoms with Gasteiger partial charge in [-0.3, -0.25) is 19.3 Å². The number of benzene rings is 1. The Morgan fingerprint density at radius 1 is 1.19 bits per heavy atom. The second-order valence-corrected chi connectivity index (χ2v) is 8.65. The second kappa shape index (κ2) is 10.9. The van der Waals surface area contributed by atoms with Gasteiger partial charge in [0.15, 0.2) is 5.69 Å². The highest BCUT2D eigenvalue weighted by Gasteiger charge is 2.34. The van der Waals surface area contributed by atoms with Crippen molar-refractivity contribution in [3.8, 4) is 0 Å². The van der Waals surface area contributed by atoms with Crippen LogP contribution in [-0.2, 0) is 4.79 Å². The molecule has 0 aliphatic heterocycles. The van der Waals surface area contributed by atoms with Crippen LogP contribution in [0, 0.1) is 12.8 Å². The summed E-state index contributed by atoms with van der Waals surface area (Å²) in [6.07, 6.45) is 2.00. The van der Waals surface area contributed by atoms with Crippen LogP contribution >= 0.6 is 11.5 Å². The molecule has 1 atom stereocenters. The Bertz CT molecular complexity index is 941. The first-order valence-corrected chi connectivity index (χ1v) is 11.2. The summed E-state index contributed by atoms with van der Waals surface area (Å²) in [5.74, 6) is -1.05. The zero-order valence-electron chi connectivity index (χ0n) is 18.5. The number of nitrogens with one attached hydrogen (secondary N) is 1. The maximum absolute atomic E-state index is 13.6. The number of aromatic nitrogens is 1. The van der Waals surface area contributed by atoms with Crippen molar-refractivity contribution < 1.29 is 14.4 Å². The third-order valence-corrected chi connectivity index (χ3v) is 5.80. The number of carbonyl (C=O) groups is 3. The molecule has 0 radical (unpaired) electrons. The van der Waals surface area contributed by atoms with E-state index in [0.717, 1.165) is 23.5 Å². The maximum Gasteiger partial charge on any atom is 0.272 e. The summed E-state index contributed by atoms with van der Waals surface area (Å²) in [4.78, 5) is 39.9. The summed E-state index contributed by atoms with van der Waals surface area (Å²) >= 11 is 0.812. The van der Waals surface area contributed by atoms with Crippen molar-refractivity contribution in [3.05, 3.63) is 40.4 Å². The minimum Gasteiger partial charge on any atom is -0.395 e. The minimum atomic E-state index is -0.799. The van der Waals surface area contributed by atoms with Gasteiger partial charge < -0.3 is 16.8 Å². The van der Waals surface area contributed by atoms with Crippen molar-refractivity contribution in [2.75, 3.05) is 17.2 Å². The van der Waals surface area contributed by atoms with Crippen LogP contribution in [0.25, 0.3) is 0 Å². The quantitative estimate of drug-likeness (QED) is 0.517. The van der Waals surface area contributed by atoms with Crippen LogP contribution in [0.3, 0.4) is 0 Å². The van der Waals surface area contributed by atoms with Crippen LogP contribution in [-0.4, -0.2) is 34.7 Å². The summed E-state index contributed by atoms with van der Waals surface area (Å²) in [5.41, 5.74) is 12.6. The minimum absolute atomic E-state index is 0.0588. The highest BCUT2D eigenvalue weighted by Crippen LogP contribution is 2.30. The molecule has 0 aliphatic carbocycles. The standard InChI is InChI=1S/C22H31N5O3S/c1-5-8-16(21(29)25-12-11-13(2)3)27(15-10-7-6-9-14(15)4)22(30)19-17(23)18(20(24)28)26-31-19/h6-7,9-10,13,16H,5,8,11-12,23H2,1-4H3,(H2,24,28)(H,25,29)/t16-/m1/s1. The summed E-state index contributed by atoms with van der Waals surface area (Å²) in [6.45, 7) is 8.53. The van der Waals surface area contributed by atoms with E-state index in [1.54, 1.807) is 6.07 Å². The van der Waals surface area contributed by atoms with Crippen molar-refractivity contribution in [2.45, 2.75) is 53.0 Å². The predicted octanol–water partition coefficient (Wildman–Crippen LogP) is 3.11. The van der Waals surface area contributed by atoms with Crippen LogP contribution in [0.4, 0.5) is 11.4 Å². The van der Waals surface area contributed by atoms with Crippen LogP contribution in [0.5, 0.6) is 0 Å². The van der Waals surface area contributed by atoms with Gasteiger partial charge in [0.05, 0.1) is 5.69 Å². The number of anilines is 2. The summed E-state index contributed by atoms with van der Waals surface area (Å²) in [5, 5.41) is 2.96. The average Bonchev–Trinajstić information content (AvgIpc) is 3.10. The molecule has 31 heavy (non-hydrogen) atoms. The molecule has 168 valence electrons. The van der Waals surface area contributed by atoms with Crippen molar-refractivity contribution in [2.24, 2.45) is 11.7 Å². The summed E-state index contributed by atoms with van der Waals surface area (Å²) < 4.78 is 3.95. The lowest BCUT2D eigenvalue weighted by Gasteiger charge is -2.32.